The number of nitrogens with one attached hydrogen (secondary N) is 2. The van der Waals surface area contributed by atoms with Crippen LogP contribution in [0.5, 0.6) is 11.6 Å². The number of aromatic nitrogens is 2. The van der Waals surface area contributed by atoms with E-state index in [0.717, 1.165) is 5.56 Å². The summed E-state index contributed by atoms with van der Waals surface area (Å²) in [6, 6.07) is 14.7. The third-order valence-electron chi connectivity index (χ3n) is 4.32. The van der Waals surface area contributed by atoms with E-state index in [1.54, 1.807) is 0 Å². The van der Waals surface area contributed by atoms with Gasteiger partial charge in [0.1, 0.15) is 18.2 Å². The molecule has 3 aromatic rings. The molecule has 0 saturated carbocycles. The van der Waals surface area contributed by atoms with Crippen LogP contribution in [0.1, 0.15) is 27.4 Å². The zero-order valence-electron chi connectivity index (χ0n) is 16.9. The highest BCUT2D eigenvalue weighted by molar-refractivity contribution is 5.95. The molecule has 0 fully saturated rings. The Hall–Kier alpha value is -4.21. The van der Waals surface area contributed by atoms with Gasteiger partial charge in [0.15, 0.2) is 5.69 Å². The Balaban J connectivity index is 1.53. The first-order chi connectivity index (χ1) is 15.4. The van der Waals surface area contributed by atoms with Gasteiger partial charge < -0.3 is 25.6 Å². The molecule has 32 heavy (non-hydrogen) atoms. The number of hydrogen-bond donors (Lipinski definition) is 4. The van der Waals surface area contributed by atoms with Crippen molar-refractivity contribution in [2.45, 2.75) is 19.6 Å². The summed E-state index contributed by atoms with van der Waals surface area (Å²) in [5, 5.41) is 24.8. The zero-order valence-corrected chi connectivity index (χ0v) is 16.9. The number of hydrogen-bond acceptors (Lipinski definition) is 7. The van der Waals surface area contributed by atoms with Crippen LogP contribution in [0, 0.1) is 5.82 Å². The van der Waals surface area contributed by atoms with Gasteiger partial charge in [0, 0.05) is 19.5 Å². The van der Waals surface area contributed by atoms with Crippen LogP contribution in [-0.4, -0.2) is 38.7 Å². The van der Waals surface area contributed by atoms with Gasteiger partial charge in [0.05, 0.1) is 0 Å². The lowest BCUT2D eigenvalue weighted by molar-refractivity contribution is 0.0941. The molecule has 3 rings (SSSR count). The summed E-state index contributed by atoms with van der Waals surface area (Å²) in [7, 11) is 0. The highest BCUT2D eigenvalue weighted by atomic mass is 19.1. The normalized spacial score (nSPS) is 10.4. The van der Waals surface area contributed by atoms with Crippen LogP contribution in [0.2, 0.25) is 0 Å². The van der Waals surface area contributed by atoms with E-state index in [1.165, 1.54) is 24.3 Å². The Morgan fingerprint density at radius 2 is 1.66 bits per heavy atom. The average Bonchev–Trinajstić information content (AvgIpc) is 2.80. The molecule has 0 aliphatic carbocycles. The number of alkyl carbamates (subject to hydrolysis) is 1. The molecule has 9 nitrogen and oxygen atoms in total. The Morgan fingerprint density at radius 3 is 2.38 bits per heavy atom. The summed E-state index contributed by atoms with van der Waals surface area (Å²) in [6.45, 7) is 0.253. The van der Waals surface area contributed by atoms with Crippen molar-refractivity contribution < 1.29 is 28.9 Å². The first-order valence-electron chi connectivity index (χ1n) is 9.68. The Morgan fingerprint density at radius 1 is 0.938 bits per heavy atom. The summed E-state index contributed by atoms with van der Waals surface area (Å²) in [4.78, 5) is 31.8. The van der Waals surface area contributed by atoms with Gasteiger partial charge in [0.25, 0.3) is 11.8 Å². The van der Waals surface area contributed by atoms with Crippen molar-refractivity contribution in [3.05, 3.63) is 83.1 Å². The third-order valence-corrected chi connectivity index (χ3v) is 4.32. The number of halogens is 1. The highest BCUT2D eigenvalue weighted by Gasteiger charge is 2.19. The SMILES string of the molecule is O=C(NCCc1nc(O)c(O)c(C(=O)NCc2ccc(F)cc2)n1)OCc1ccccc1. The van der Waals surface area contributed by atoms with Crippen molar-refractivity contribution in [3.8, 4) is 11.6 Å². The van der Waals surface area contributed by atoms with Crippen molar-refractivity contribution in [2.75, 3.05) is 6.54 Å². The second-order valence-corrected chi connectivity index (χ2v) is 6.71. The largest absolute Gasteiger partial charge is 0.501 e. The van der Waals surface area contributed by atoms with Crippen molar-refractivity contribution in [1.29, 1.82) is 0 Å². The molecular weight excluding hydrogens is 419 g/mol. The van der Waals surface area contributed by atoms with E-state index in [1.807, 2.05) is 30.3 Å². The maximum atomic E-state index is 13.0. The fourth-order valence-corrected chi connectivity index (χ4v) is 2.68. The fraction of sp³-hybridized carbons (Fsp3) is 0.182. The Bertz CT molecular complexity index is 1080. The van der Waals surface area contributed by atoms with E-state index < -0.39 is 35.1 Å². The molecule has 0 aliphatic rings. The number of nitrogens with zero attached hydrogens (tertiary/aromatic N) is 2. The molecule has 0 bridgehead atoms. The number of ether oxygens (including phenoxy) is 1. The van der Waals surface area contributed by atoms with E-state index in [2.05, 4.69) is 20.6 Å². The summed E-state index contributed by atoms with van der Waals surface area (Å²) in [5.41, 5.74) is 1.06. The zero-order chi connectivity index (χ0) is 22.9. The molecule has 0 atom stereocenters. The van der Waals surface area contributed by atoms with Crippen LogP contribution in [-0.2, 0) is 24.3 Å². The minimum absolute atomic E-state index is 0.0376. The van der Waals surface area contributed by atoms with Gasteiger partial charge in [-0.15, -0.1) is 0 Å². The van der Waals surface area contributed by atoms with Crippen molar-refractivity contribution >= 4 is 12.0 Å². The van der Waals surface area contributed by atoms with Crippen molar-refractivity contribution in [1.82, 2.24) is 20.6 Å². The van der Waals surface area contributed by atoms with Gasteiger partial charge in [0.2, 0.25) is 5.75 Å². The van der Waals surface area contributed by atoms with E-state index in [-0.39, 0.29) is 31.9 Å². The smallest absolute Gasteiger partial charge is 0.407 e. The van der Waals surface area contributed by atoms with Gasteiger partial charge in [-0.1, -0.05) is 42.5 Å². The molecule has 0 unspecified atom stereocenters. The maximum Gasteiger partial charge on any atom is 0.407 e. The number of carbonyl (C=O) groups excluding carboxylic acids is 2. The number of aromatic hydroxyl groups is 2. The second-order valence-electron chi connectivity index (χ2n) is 6.71. The van der Waals surface area contributed by atoms with E-state index in [0.29, 0.717) is 5.56 Å². The number of rotatable bonds is 8. The first kappa shape index (κ1) is 22.5. The molecule has 1 aromatic heterocycles. The summed E-state index contributed by atoms with van der Waals surface area (Å²) in [6.07, 6.45) is -0.568. The lowest BCUT2D eigenvalue weighted by Gasteiger charge is -2.10. The van der Waals surface area contributed by atoms with Crippen molar-refractivity contribution in [2.24, 2.45) is 0 Å². The summed E-state index contributed by atoms with van der Waals surface area (Å²) < 4.78 is 18.0. The molecule has 0 saturated heterocycles. The van der Waals surface area contributed by atoms with Gasteiger partial charge >= 0.3 is 6.09 Å². The minimum atomic E-state index is -0.763. The molecule has 0 spiro atoms. The van der Waals surface area contributed by atoms with Crippen LogP contribution in [0.15, 0.2) is 54.6 Å². The molecule has 4 N–H and O–H groups in total. The average molecular weight is 440 g/mol. The van der Waals surface area contributed by atoms with Crippen molar-refractivity contribution in [3.63, 3.8) is 0 Å². The van der Waals surface area contributed by atoms with E-state index >= 15 is 0 Å². The molecule has 2 amide bonds. The molecule has 0 aliphatic heterocycles. The molecule has 1 heterocycles. The first-order valence-corrected chi connectivity index (χ1v) is 9.68. The minimum Gasteiger partial charge on any atom is -0.501 e. The standard InChI is InChI=1S/C22H21FN4O5/c23-16-8-6-14(7-9-16)12-25-20(29)18-19(28)21(30)27-17(26-18)10-11-24-22(31)32-13-15-4-2-1-3-5-15/h1-9,28H,10-13H2,(H,24,31)(H,25,29)(H,26,27,30). The van der Waals surface area contributed by atoms with Crippen LogP contribution in [0.25, 0.3) is 0 Å². The number of benzene rings is 2. The van der Waals surface area contributed by atoms with Gasteiger partial charge in [-0.05, 0) is 23.3 Å². The molecular formula is C22H21FN4O5. The predicted octanol–water partition coefficient (Wildman–Crippen LogP) is 2.43. The fourth-order valence-electron chi connectivity index (χ4n) is 2.68. The Labute approximate surface area is 182 Å². The van der Waals surface area contributed by atoms with E-state index in [4.69, 9.17) is 4.74 Å². The topological polar surface area (TPSA) is 134 Å². The molecule has 0 radical (unpaired) electrons. The number of amides is 2. The number of carbonyl (C=O) groups is 2. The van der Waals surface area contributed by atoms with Crippen LogP contribution >= 0.6 is 0 Å². The van der Waals surface area contributed by atoms with Crippen LogP contribution < -0.4 is 10.6 Å². The highest BCUT2D eigenvalue weighted by Crippen LogP contribution is 2.25. The monoisotopic (exact) mass is 440 g/mol. The molecule has 2 aromatic carbocycles. The maximum absolute atomic E-state index is 13.0. The lowest BCUT2D eigenvalue weighted by Crippen LogP contribution is -2.27. The quantitative estimate of drug-likeness (QED) is 0.423. The van der Waals surface area contributed by atoms with E-state index in [9.17, 15) is 24.2 Å². The molecule has 10 heteroatoms. The predicted molar refractivity (Wildman–Crippen MR) is 111 cm³/mol. The summed E-state index contributed by atoms with van der Waals surface area (Å²) >= 11 is 0. The van der Waals surface area contributed by atoms with Gasteiger partial charge in [-0.3, -0.25) is 4.79 Å². The third kappa shape index (κ3) is 6.39. The lowest BCUT2D eigenvalue weighted by atomic mass is 10.2. The Kier molecular flexibility index (Phi) is 7.52. The van der Waals surface area contributed by atoms with Crippen LogP contribution in [0.3, 0.4) is 0 Å². The van der Waals surface area contributed by atoms with Gasteiger partial charge in [-0.25, -0.2) is 14.2 Å². The summed E-state index contributed by atoms with van der Waals surface area (Å²) in [5.74, 6) is -2.63. The van der Waals surface area contributed by atoms with Gasteiger partial charge in [-0.2, -0.15) is 4.98 Å². The van der Waals surface area contributed by atoms with Crippen LogP contribution in [0.4, 0.5) is 9.18 Å². The second kappa shape index (κ2) is 10.7. The molecule has 166 valence electrons.